The van der Waals surface area contributed by atoms with Gasteiger partial charge in [-0.25, -0.2) is 4.79 Å². The number of carbonyl (C=O) groups is 2. The van der Waals surface area contributed by atoms with E-state index < -0.39 is 5.97 Å². The second-order valence-electron chi connectivity index (χ2n) is 6.77. The number of carbonyl (C=O) groups excluding carboxylic acids is 2. The predicted molar refractivity (Wildman–Crippen MR) is 89.9 cm³/mol. The molecule has 1 aliphatic carbocycles. The van der Waals surface area contributed by atoms with Crippen molar-refractivity contribution in [2.24, 2.45) is 5.41 Å². The van der Waals surface area contributed by atoms with Crippen LogP contribution in [-0.4, -0.2) is 11.8 Å². The van der Waals surface area contributed by atoms with Gasteiger partial charge in [-0.2, -0.15) is 0 Å². The Balaban J connectivity index is 2.29. The fraction of sp³-hybridized carbons (Fsp3) is 0.444. The quantitative estimate of drug-likeness (QED) is 0.707. The minimum absolute atomic E-state index is 0.0111. The van der Waals surface area contributed by atoms with E-state index in [1.54, 1.807) is 6.07 Å². The first-order chi connectivity index (χ1) is 10.1. The molecular weight excluding hydrogens is 344 g/mol. The molecule has 118 valence electrons. The van der Waals surface area contributed by atoms with Crippen molar-refractivity contribution in [2.75, 3.05) is 0 Å². The lowest BCUT2D eigenvalue weighted by atomic mass is 9.79. The first-order valence-corrected chi connectivity index (χ1v) is 8.12. The molecule has 0 bridgehead atoms. The lowest BCUT2D eigenvalue weighted by molar-refractivity contribution is -0.117. The van der Waals surface area contributed by atoms with Gasteiger partial charge in [0.15, 0.2) is 5.78 Å². The number of hydrogen-bond acceptors (Lipinski definition) is 3. The van der Waals surface area contributed by atoms with Gasteiger partial charge in [0.25, 0.3) is 0 Å². The molecule has 1 aliphatic rings. The molecule has 0 unspecified atom stereocenters. The number of ketones is 1. The van der Waals surface area contributed by atoms with Crippen molar-refractivity contribution in [3.63, 3.8) is 0 Å². The third-order valence-electron chi connectivity index (χ3n) is 4.23. The van der Waals surface area contributed by atoms with Crippen LogP contribution in [0.4, 0.5) is 0 Å². The summed E-state index contributed by atoms with van der Waals surface area (Å²) in [6.45, 7) is 9.91. The molecule has 0 saturated heterocycles. The topological polar surface area (TPSA) is 43.4 Å². The van der Waals surface area contributed by atoms with Gasteiger partial charge in [0, 0.05) is 23.4 Å². The van der Waals surface area contributed by atoms with E-state index in [9.17, 15) is 9.59 Å². The van der Waals surface area contributed by atoms with Crippen LogP contribution in [0, 0.1) is 26.2 Å². The van der Waals surface area contributed by atoms with Crippen LogP contribution in [0.25, 0.3) is 0 Å². The second kappa shape index (κ2) is 5.99. The average molecular weight is 365 g/mol. The Labute approximate surface area is 139 Å². The van der Waals surface area contributed by atoms with E-state index in [4.69, 9.17) is 4.74 Å². The fourth-order valence-corrected chi connectivity index (χ4v) is 3.27. The first-order valence-electron chi connectivity index (χ1n) is 7.32. The monoisotopic (exact) mass is 364 g/mol. The third kappa shape index (κ3) is 3.49. The molecule has 2 rings (SSSR count). The summed E-state index contributed by atoms with van der Waals surface area (Å²) in [6, 6.07) is 1.79. The molecule has 0 fully saturated rings. The largest absolute Gasteiger partial charge is 0.427 e. The van der Waals surface area contributed by atoms with E-state index >= 15 is 0 Å². The summed E-state index contributed by atoms with van der Waals surface area (Å²) < 4.78 is 6.38. The summed E-state index contributed by atoms with van der Waals surface area (Å²) in [5.41, 5.74) is 3.46. The van der Waals surface area contributed by atoms with Gasteiger partial charge in [-0.3, -0.25) is 4.79 Å². The molecule has 0 atom stereocenters. The van der Waals surface area contributed by atoms with E-state index in [1.807, 2.05) is 34.6 Å². The molecule has 0 spiro atoms. The van der Waals surface area contributed by atoms with Crippen molar-refractivity contribution in [1.29, 1.82) is 0 Å². The normalized spacial score (nSPS) is 17.2. The molecular formula is C18H21BrO3. The van der Waals surface area contributed by atoms with Gasteiger partial charge in [-0.1, -0.05) is 29.8 Å². The van der Waals surface area contributed by atoms with Crippen LogP contribution in [0.3, 0.4) is 0 Å². The Kier molecular flexibility index (Phi) is 4.62. The number of hydrogen-bond donors (Lipinski definition) is 0. The van der Waals surface area contributed by atoms with Crippen molar-refractivity contribution in [2.45, 2.75) is 47.5 Å². The smallest absolute Gasteiger partial charge is 0.343 e. The van der Waals surface area contributed by atoms with Crippen LogP contribution >= 0.6 is 15.9 Å². The molecule has 3 nitrogen and oxygen atoms in total. The Morgan fingerprint density at radius 3 is 2.36 bits per heavy atom. The number of halogens is 1. The Bertz CT molecular complexity index is 684. The van der Waals surface area contributed by atoms with Crippen molar-refractivity contribution in [1.82, 2.24) is 0 Å². The third-order valence-corrected chi connectivity index (χ3v) is 5.05. The van der Waals surface area contributed by atoms with Gasteiger partial charge in [-0.15, -0.1) is 0 Å². The van der Waals surface area contributed by atoms with Gasteiger partial charge in [0.1, 0.15) is 5.76 Å². The number of benzene rings is 1. The summed E-state index contributed by atoms with van der Waals surface area (Å²) >= 11 is 3.48. The number of allylic oxidation sites excluding steroid dienone is 2. The predicted octanol–water partition coefficient (Wildman–Crippen LogP) is 4.80. The van der Waals surface area contributed by atoms with E-state index in [0.717, 1.165) is 21.2 Å². The van der Waals surface area contributed by atoms with Crippen molar-refractivity contribution in [3.8, 4) is 0 Å². The Morgan fingerprint density at radius 1 is 1.14 bits per heavy atom. The van der Waals surface area contributed by atoms with E-state index in [2.05, 4.69) is 15.9 Å². The molecule has 0 aromatic heterocycles. The highest BCUT2D eigenvalue weighted by atomic mass is 79.9. The first kappa shape index (κ1) is 16.9. The standard InChI is InChI=1S/C18H21BrO3/c1-10-11(2)15(7-16(19)12(10)3)17(21)22-14-6-13(20)8-18(4,5)9-14/h6-7H,8-9H2,1-5H3. The van der Waals surface area contributed by atoms with Gasteiger partial charge >= 0.3 is 5.97 Å². The summed E-state index contributed by atoms with van der Waals surface area (Å²) in [7, 11) is 0. The maximum atomic E-state index is 12.5. The molecule has 0 N–H and O–H groups in total. The molecule has 0 saturated carbocycles. The zero-order valence-corrected chi connectivity index (χ0v) is 15.3. The highest BCUT2D eigenvalue weighted by molar-refractivity contribution is 9.10. The highest BCUT2D eigenvalue weighted by Gasteiger charge is 2.30. The number of rotatable bonds is 2. The summed E-state index contributed by atoms with van der Waals surface area (Å²) in [5, 5.41) is 0. The molecule has 4 heteroatoms. The van der Waals surface area contributed by atoms with Gasteiger partial charge in [0.2, 0.25) is 0 Å². The average Bonchev–Trinajstić information content (AvgIpc) is 2.38. The SMILES string of the molecule is Cc1c(Br)cc(C(=O)OC2=CC(=O)CC(C)(C)C2)c(C)c1C. The second-order valence-corrected chi connectivity index (χ2v) is 7.62. The lowest BCUT2D eigenvalue weighted by Gasteiger charge is -2.28. The van der Waals surface area contributed by atoms with Crippen molar-refractivity contribution in [3.05, 3.63) is 44.6 Å². The van der Waals surface area contributed by atoms with Crippen LogP contribution in [0.2, 0.25) is 0 Å². The van der Waals surface area contributed by atoms with Crippen molar-refractivity contribution >= 4 is 27.7 Å². The maximum Gasteiger partial charge on any atom is 0.343 e. The van der Waals surface area contributed by atoms with E-state index in [0.29, 0.717) is 24.2 Å². The van der Waals surface area contributed by atoms with Crippen LogP contribution in [0.15, 0.2) is 22.4 Å². The van der Waals surface area contributed by atoms with Crippen LogP contribution in [-0.2, 0) is 9.53 Å². The van der Waals surface area contributed by atoms with E-state index in [-0.39, 0.29) is 11.2 Å². The summed E-state index contributed by atoms with van der Waals surface area (Å²) in [6.07, 6.45) is 2.53. The van der Waals surface area contributed by atoms with Gasteiger partial charge in [-0.05, 0) is 48.9 Å². The molecule has 1 aromatic rings. The Hall–Kier alpha value is -1.42. The summed E-state index contributed by atoms with van der Waals surface area (Å²) in [5.74, 6) is 0.0649. The molecule has 0 aliphatic heterocycles. The molecule has 0 amide bonds. The van der Waals surface area contributed by atoms with Crippen LogP contribution in [0.1, 0.15) is 53.7 Å². The Morgan fingerprint density at radius 2 is 1.77 bits per heavy atom. The number of ether oxygens (including phenoxy) is 1. The molecule has 0 heterocycles. The molecule has 0 radical (unpaired) electrons. The maximum absolute atomic E-state index is 12.5. The minimum Gasteiger partial charge on any atom is -0.427 e. The number of esters is 1. The van der Waals surface area contributed by atoms with Crippen molar-refractivity contribution < 1.29 is 14.3 Å². The van der Waals surface area contributed by atoms with Crippen LogP contribution in [0.5, 0.6) is 0 Å². The van der Waals surface area contributed by atoms with E-state index in [1.165, 1.54) is 6.08 Å². The van der Waals surface area contributed by atoms with Gasteiger partial charge in [0.05, 0.1) is 5.56 Å². The summed E-state index contributed by atoms with van der Waals surface area (Å²) in [4.78, 5) is 24.2. The highest BCUT2D eigenvalue weighted by Crippen LogP contribution is 2.35. The molecule has 22 heavy (non-hydrogen) atoms. The molecule has 1 aromatic carbocycles. The lowest BCUT2D eigenvalue weighted by Crippen LogP contribution is -2.24. The zero-order valence-electron chi connectivity index (χ0n) is 13.7. The minimum atomic E-state index is -0.405. The van der Waals surface area contributed by atoms with Gasteiger partial charge < -0.3 is 4.74 Å². The zero-order chi connectivity index (χ0) is 16.7. The van der Waals surface area contributed by atoms with Crippen LogP contribution < -0.4 is 0 Å². The fourth-order valence-electron chi connectivity index (χ4n) is 2.74.